The molecule has 5 nitrogen and oxygen atoms in total. The number of anilines is 1. The van der Waals surface area contributed by atoms with Crippen LogP contribution in [-0.2, 0) is 4.74 Å². The van der Waals surface area contributed by atoms with E-state index in [1.54, 1.807) is 6.20 Å². The van der Waals surface area contributed by atoms with E-state index in [9.17, 15) is 4.79 Å². The average Bonchev–Trinajstić information content (AvgIpc) is 2.31. The fourth-order valence-electron chi connectivity index (χ4n) is 2.18. The minimum atomic E-state index is -0.680. The van der Waals surface area contributed by atoms with E-state index in [1.165, 1.54) is 0 Å². The lowest BCUT2D eigenvalue weighted by molar-refractivity contribution is 0.0805. The maximum Gasteiger partial charge on any atom is 0.404 e. The molecule has 0 atom stereocenters. The summed E-state index contributed by atoms with van der Waals surface area (Å²) in [7, 11) is 0. The van der Waals surface area contributed by atoms with E-state index in [0.29, 0.717) is 6.04 Å². The summed E-state index contributed by atoms with van der Waals surface area (Å²) in [5.41, 5.74) is 5.01. The molecule has 6 heteroatoms. The van der Waals surface area contributed by atoms with Gasteiger partial charge in [0, 0.05) is 16.7 Å². The van der Waals surface area contributed by atoms with Crippen LogP contribution in [0.25, 0.3) is 0 Å². The molecule has 0 bridgehead atoms. The Kier molecular flexibility index (Phi) is 4.41. The summed E-state index contributed by atoms with van der Waals surface area (Å²) in [6.07, 6.45) is 4.63. The molecule has 1 aromatic rings. The lowest BCUT2D eigenvalue weighted by Crippen LogP contribution is -2.32. The van der Waals surface area contributed by atoms with E-state index in [-0.39, 0.29) is 6.10 Å². The van der Waals surface area contributed by atoms with Gasteiger partial charge < -0.3 is 15.8 Å². The lowest BCUT2D eigenvalue weighted by Gasteiger charge is -2.28. The van der Waals surface area contributed by atoms with Crippen molar-refractivity contribution in [3.05, 3.63) is 22.8 Å². The molecule has 1 amide bonds. The van der Waals surface area contributed by atoms with Gasteiger partial charge in [-0.25, -0.2) is 9.78 Å². The first-order chi connectivity index (χ1) is 8.63. The highest BCUT2D eigenvalue weighted by Gasteiger charge is 2.23. The van der Waals surface area contributed by atoms with Crippen molar-refractivity contribution < 1.29 is 9.53 Å². The van der Waals surface area contributed by atoms with Gasteiger partial charge in [0.05, 0.1) is 0 Å². The maximum absolute atomic E-state index is 10.6. The quantitative estimate of drug-likeness (QED) is 0.899. The number of nitrogens with zero attached hydrogens (tertiary/aromatic N) is 1. The first-order valence-corrected chi connectivity index (χ1v) is 6.77. The zero-order valence-electron chi connectivity index (χ0n) is 9.93. The molecule has 1 fully saturated rings. The molecule has 2 rings (SSSR count). The minimum absolute atomic E-state index is 0.0315. The first-order valence-electron chi connectivity index (χ1n) is 5.97. The van der Waals surface area contributed by atoms with E-state index in [2.05, 4.69) is 26.2 Å². The van der Waals surface area contributed by atoms with E-state index in [0.717, 1.165) is 36.0 Å². The molecule has 3 N–H and O–H groups in total. The predicted molar refractivity (Wildman–Crippen MR) is 72.3 cm³/mol. The number of halogens is 1. The van der Waals surface area contributed by atoms with Crippen molar-refractivity contribution in [2.45, 2.75) is 37.8 Å². The van der Waals surface area contributed by atoms with Crippen molar-refractivity contribution in [3.8, 4) is 0 Å². The molecule has 0 saturated heterocycles. The van der Waals surface area contributed by atoms with Crippen molar-refractivity contribution in [2.75, 3.05) is 5.32 Å². The van der Waals surface area contributed by atoms with Crippen molar-refractivity contribution in [3.63, 3.8) is 0 Å². The monoisotopic (exact) mass is 313 g/mol. The zero-order valence-corrected chi connectivity index (χ0v) is 11.5. The highest BCUT2D eigenvalue weighted by atomic mass is 79.9. The number of hydrogen-bond acceptors (Lipinski definition) is 4. The summed E-state index contributed by atoms with van der Waals surface area (Å²) in [4.78, 5) is 14.9. The second-order valence-corrected chi connectivity index (χ2v) is 5.33. The molecule has 98 valence electrons. The molecule has 1 aliphatic rings. The Labute approximate surface area is 114 Å². The van der Waals surface area contributed by atoms with E-state index < -0.39 is 6.09 Å². The number of amides is 1. The first kappa shape index (κ1) is 13.1. The third kappa shape index (κ3) is 3.87. The Morgan fingerprint density at radius 2 is 2.17 bits per heavy atom. The molecular formula is C12H16BrN3O2. The Morgan fingerprint density at radius 3 is 2.78 bits per heavy atom. The molecule has 0 spiro atoms. The number of nitrogens with one attached hydrogen (secondary N) is 1. The summed E-state index contributed by atoms with van der Waals surface area (Å²) in [5, 5.41) is 3.38. The summed E-state index contributed by atoms with van der Waals surface area (Å²) < 4.78 is 6.00. The van der Waals surface area contributed by atoms with Crippen molar-refractivity contribution in [2.24, 2.45) is 5.73 Å². The van der Waals surface area contributed by atoms with Crippen LogP contribution in [0.15, 0.2) is 22.8 Å². The average molecular weight is 314 g/mol. The largest absolute Gasteiger partial charge is 0.446 e. The topological polar surface area (TPSA) is 77.2 Å². The summed E-state index contributed by atoms with van der Waals surface area (Å²) >= 11 is 3.41. The number of primary amides is 1. The second kappa shape index (κ2) is 6.04. The Bertz CT molecular complexity index is 420. The van der Waals surface area contributed by atoms with Gasteiger partial charge in [0.2, 0.25) is 0 Å². The van der Waals surface area contributed by atoms with Gasteiger partial charge in [-0.05, 0) is 37.8 Å². The predicted octanol–water partition coefficient (Wildman–Crippen LogP) is 2.66. The molecule has 0 aromatic carbocycles. The van der Waals surface area contributed by atoms with E-state index in [4.69, 9.17) is 10.5 Å². The smallest absolute Gasteiger partial charge is 0.404 e. The van der Waals surface area contributed by atoms with Crippen molar-refractivity contribution >= 4 is 27.8 Å². The molecule has 0 radical (unpaired) electrons. The standard InChI is InChI=1S/C12H16BrN3O2/c13-8-5-6-15-11(7-8)16-9-1-3-10(4-2-9)18-12(14)17/h5-7,9-10H,1-4H2,(H2,14,17)(H,15,16)/t9-,10-. The number of nitrogens with two attached hydrogens (primary N) is 1. The molecule has 18 heavy (non-hydrogen) atoms. The van der Waals surface area contributed by atoms with Crippen LogP contribution in [0.2, 0.25) is 0 Å². The molecule has 0 aliphatic heterocycles. The Balaban J connectivity index is 1.81. The van der Waals surface area contributed by atoms with Gasteiger partial charge in [-0.15, -0.1) is 0 Å². The number of hydrogen-bond donors (Lipinski definition) is 2. The highest BCUT2D eigenvalue weighted by molar-refractivity contribution is 9.10. The van der Waals surface area contributed by atoms with Gasteiger partial charge in [-0.1, -0.05) is 15.9 Å². The lowest BCUT2D eigenvalue weighted by atomic mass is 9.93. The minimum Gasteiger partial charge on any atom is -0.446 e. The number of carbonyl (C=O) groups excluding carboxylic acids is 1. The SMILES string of the molecule is NC(=O)O[C@H]1CC[C@H](Nc2cc(Br)ccn2)CC1. The van der Waals surface area contributed by atoms with Crippen LogP contribution in [0.1, 0.15) is 25.7 Å². The van der Waals surface area contributed by atoms with Gasteiger partial charge in [0.25, 0.3) is 0 Å². The van der Waals surface area contributed by atoms with E-state index in [1.807, 2.05) is 12.1 Å². The van der Waals surface area contributed by atoms with Gasteiger partial charge in [-0.2, -0.15) is 0 Å². The van der Waals surface area contributed by atoms with Crippen molar-refractivity contribution in [1.82, 2.24) is 4.98 Å². The van der Waals surface area contributed by atoms with Gasteiger partial charge >= 0.3 is 6.09 Å². The fourth-order valence-corrected chi connectivity index (χ4v) is 2.52. The van der Waals surface area contributed by atoms with E-state index >= 15 is 0 Å². The molecule has 0 unspecified atom stereocenters. The summed E-state index contributed by atoms with van der Waals surface area (Å²) in [6, 6.07) is 4.22. The fraction of sp³-hybridized carbons (Fsp3) is 0.500. The van der Waals surface area contributed by atoms with Crippen LogP contribution in [0.4, 0.5) is 10.6 Å². The molecular weight excluding hydrogens is 298 g/mol. The number of pyridine rings is 1. The highest BCUT2D eigenvalue weighted by Crippen LogP contribution is 2.24. The number of rotatable bonds is 3. The molecule has 1 saturated carbocycles. The van der Waals surface area contributed by atoms with Crippen LogP contribution in [0, 0.1) is 0 Å². The van der Waals surface area contributed by atoms with Crippen LogP contribution >= 0.6 is 15.9 Å². The summed E-state index contributed by atoms with van der Waals surface area (Å²) in [6.45, 7) is 0. The molecule has 1 aliphatic carbocycles. The third-order valence-corrected chi connectivity index (χ3v) is 3.52. The van der Waals surface area contributed by atoms with Gasteiger partial charge in [0.15, 0.2) is 0 Å². The third-order valence-electron chi connectivity index (χ3n) is 3.03. The summed E-state index contributed by atoms with van der Waals surface area (Å²) in [5.74, 6) is 0.864. The van der Waals surface area contributed by atoms with Crippen LogP contribution in [-0.4, -0.2) is 23.2 Å². The Hall–Kier alpha value is -1.30. The van der Waals surface area contributed by atoms with Gasteiger partial charge in [0.1, 0.15) is 11.9 Å². The van der Waals surface area contributed by atoms with Gasteiger partial charge in [-0.3, -0.25) is 0 Å². The maximum atomic E-state index is 10.6. The number of ether oxygens (including phenoxy) is 1. The van der Waals surface area contributed by atoms with Crippen LogP contribution in [0.5, 0.6) is 0 Å². The number of carbonyl (C=O) groups is 1. The normalized spacial score (nSPS) is 23.4. The second-order valence-electron chi connectivity index (χ2n) is 4.41. The molecule has 1 aromatic heterocycles. The van der Waals surface area contributed by atoms with Crippen LogP contribution < -0.4 is 11.1 Å². The molecule has 1 heterocycles. The Morgan fingerprint density at radius 1 is 1.44 bits per heavy atom. The van der Waals surface area contributed by atoms with Crippen molar-refractivity contribution in [1.29, 1.82) is 0 Å². The number of aromatic nitrogens is 1. The zero-order chi connectivity index (χ0) is 13.0. The van der Waals surface area contributed by atoms with Crippen LogP contribution in [0.3, 0.4) is 0 Å².